The lowest BCUT2D eigenvalue weighted by Gasteiger charge is -2.12. The predicted molar refractivity (Wildman–Crippen MR) is 89.0 cm³/mol. The van der Waals surface area contributed by atoms with E-state index in [9.17, 15) is 0 Å². The first-order valence-electron chi connectivity index (χ1n) is 7.83. The highest BCUT2D eigenvalue weighted by Gasteiger charge is 2.10. The van der Waals surface area contributed by atoms with E-state index in [-0.39, 0.29) is 0 Å². The van der Waals surface area contributed by atoms with Crippen molar-refractivity contribution < 1.29 is 0 Å². The fraction of sp³-hybridized carbons (Fsp3) is 0.500. The number of aromatic nitrogens is 2. The number of hydrogen-bond acceptors (Lipinski definition) is 2. The molecule has 0 bridgehead atoms. The molecule has 114 valence electrons. The summed E-state index contributed by atoms with van der Waals surface area (Å²) in [5.74, 6) is 0.546. The monoisotopic (exact) mass is 285 g/mol. The second-order valence-electron chi connectivity index (χ2n) is 5.86. The highest BCUT2D eigenvalue weighted by molar-refractivity contribution is 5.28. The predicted octanol–water partition coefficient (Wildman–Crippen LogP) is 3.43. The molecule has 1 aromatic heterocycles. The molecule has 1 N–H and O–H groups in total. The van der Waals surface area contributed by atoms with Crippen molar-refractivity contribution in [3.8, 4) is 0 Å². The molecule has 0 aliphatic carbocycles. The zero-order valence-electron chi connectivity index (χ0n) is 13.9. The second kappa shape index (κ2) is 6.90. The van der Waals surface area contributed by atoms with Crippen LogP contribution in [0.4, 0.5) is 0 Å². The minimum Gasteiger partial charge on any atom is -0.319 e. The van der Waals surface area contributed by atoms with Gasteiger partial charge in [0, 0.05) is 12.2 Å². The normalized spacial score (nSPS) is 12.6. The van der Waals surface area contributed by atoms with Crippen molar-refractivity contribution in [3.05, 3.63) is 52.3 Å². The Labute approximate surface area is 128 Å². The Bertz CT molecular complexity index is 581. The van der Waals surface area contributed by atoms with E-state index in [0.29, 0.717) is 5.92 Å². The van der Waals surface area contributed by atoms with Crippen LogP contribution in [0.2, 0.25) is 0 Å². The van der Waals surface area contributed by atoms with Crippen LogP contribution < -0.4 is 5.32 Å². The van der Waals surface area contributed by atoms with Crippen LogP contribution in [0.25, 0.3) is 0 Å². The van der Waals surface area contributed by atoms with Crippen LogP contribution in [0.3, 0.4) is 0 Å². The van der Waals surface area contributed by atoms with Crippen molar-refractivity contribution in [2.75, 3.05) is 13.6 Å². The van der Waals surface area contributed by atoms with Crippen LogP contribution in [0.15, 0.2) is 24.3 Å². The summed E-state index contributed by atoms with van der Waals surface area (Å²) in [4.78, 5) is 0. The van der Waals surface area contributed by atoms with Gasteiger partial charge in [-0.3, -0.25) is 4.68 Å². The fourth-order valence-corrected chi connectivity index (χ4v) is 2.95. The Morgan fingerprint density at radius 1 is 1.19 bits per heavy atom. The molecule has 3 nitrogen and oxygen atoms in total. The largest absolute Gasteiger partial charge is 0.319 e. The molecule has 0 aliphatic heterocycles. The minimum absolute atomic E-state index is 0.546. The standard InChI is InChI=1S/C18H27N3/c1-6-18-14(3)20-21(15(18)4)12-16-7-9-17(10-8-16)13(2)11-19-5/h7-10,13,19H,6,11-12H2,1-5H3. The molecule has 0 saturated carbocycles. The second-order valence-corrected chi connectivity index (χ2v) is 5.86. The lowest BCUT2D eigenvalue weighted by molar-refractivity contribution is 0.655. The first kappa shape index (κ1) is 15.8. The molecule has 2 aromatic rings. The average molecular weight is 285 g/mol. The van der Waals surface area contributed by atoms with Gasteiger partial charge in [-0.25, -0.2) is 0 Å². The van der Waals surface area contributed by atoms with Gasteiger partial charge in [-0.15, -0.1) is 0 Å². The van der Waals surface area contributed by atoms with Gasteiger partial charge in [0.25, 0.3) is 0 Å². The summed E-state index contributed by atoms with van der Waals surface area (Å²) in [6.45, 7) is 10.6. The summed E-state index contributed by atoms with van der Waals surface area (Å²) in [5, 5.41) is 7.90. The third kappa shape index (κ3) is 3.53. The number of likely N-dealkylation sites (N-methyl/N-ethyl adjacent to an activating group) is 1. The van der Waals surface area contributed by atoms with Crippen LogP contribution >= 0.6 is 0 Å². The van der Waals surface area contributed by atoms with Crippen LogP contribution in [0.5, 0.6) is 0 Å². The Kier molecular flexibility index (Phi) is 5.18. The maximum atomic E-state index is 4.67. The third-order valence-corrected chi connectivity index (χ3v) is 4.28. The Morgan fingerprint density at radius 3 is 2.38 bits per heavy atom. The van der Waals surface area contributed by atoms with Gasteiger partial charge in [-0.05, 0) is 49.9 Å². The van der Waals surface area contributed by atoms with E-state index in [1.165, 1.54) is 22.4 Å². The van der Waals surface area contributed by atoms with E-state index < -0.39 is 0 Å². The number of benzene rings is 1. The van der Waals surface area contributed by atoms with Crippen molar-refractivity contribution in [3.63, 3.8) is 0 Å². The van der Waals surface area contributed by atoms with Gasteiger partial charge in [-0.2, -0.15) is 5.10 Å². The SMILES string of the molecule is CCc1c(C)nn(Cc2ccc(C(C)CNC)cc2)c1C. The highest BCUT2D eigenvalue weighted by Crippen LogP contribution is 2.18. The number of aryl methyl sites for hydroxylation is 1. The summed E-state index contributed by atoms with van der Waals surface area (Å²) in [6, 6.07) is 8.93. The lowest BCUT2D eigenvalue weighted by Crippen LogP contribution is -2.14. The van der Waals surface area contributed by atoms with Crippen molar-refractivity contribution >= 4 is 0 Å². The van der Waals surface area contributed by atoms with E-state index in [1.807, 2.05) is 7.05 Å². The molecule has 2 rings (SSSR count). The van der Waals surface area contributed by atoms with E-state index >= 15 is 0 Å². The third-order valence-electron chi connectivity index (χ3n) is 4.28. The van der Waals surface area contributed by atoms with Gasteiger partial charge in [-0.1, -0.05) is 38.1 Å². The maximum absolute atomic E-state index is 4.67. The minimum atomic E-state index is 0.546. The van der Waals surface area contributed by atoms with Crippen LogP contribution in [0.1, 0.15) is 47.8 Å². The summed E-state index contributed by atoms with van der Waals surface area (Å²) in [5.41, 5.74) is 6.53. The van der Waals surface area contributed by atoms with E-state index in [0.717, 1.165) is 25.2 Å². The Morgan fingerprint density at radius 2 is 1.86 bits per heavy atom. The Balaban J connectivity index is 2.14. The molecule has 0 fully saturated rings. The number of rotatable bonds is 6. The van der Waals surface area contributed by atoms with Gasteiger partial charge in [0.1, 0.15) is 0 Å². The van der Waals surface area contributed by atoms with Gasteiger partial charge < -0.3 is 5.32 Å². The molecular formula is C18H27N3. The van der Waals surface area contributed by atoms with Gasteiger partial charge in [0.2, 0.25) is 0 Å². The average Bonchev–Trinajstić information content (AvgIpc) is 2.74. The Hall–Kier alpha value is -1.61. The van der Waals surface area contributed by atoms with Gasteiger partial charge in [0.15, 0.2) is 0 Å². The molecule has 0 radical (unpaired) electrons. The van der Waals surface area contributed by atoms with Gasteiger partial charge >= 0.3 is 0 Å². The highest BCUT2D eigenvalue weighted by atomic mass is 15.3. The molecule has 1 heterocycles. The van der Waals surface area contributed by atoms with Crippen molar-refractivity contribution in [1.82, 2.24) is 15.1 Å². The fourth-order valence-electron chi connectivity index (χ4n) is 2.95. The van der Waals surface area contributed by atoms with E-state index in [1.54, 1.807) is 0 Å². The van der Waals surface area contributed by atoms with E-state index in [2.05, 4.69) is 67.1 Å². The quantitative estimate of drug-likeness (QED) is 0.881. The molecule has 1 aromatic carbocycles. The molecule has 3 heteroatoms. The molecular weight excluding hydrogens is 258 g/mol. The van der Waals surface area contributed by atoms with E-state index in [4.69, 9.17) is 0 Å². The molecule has 21 heavy (non-hydrogen) atoms. The summed E-state index contributed by atoms with van der Waals surface area (Å²) in [6.07, 6.45) is 1.05. The summed E-state index contributed by atoms with van der Waals surface area (Å²) in [7, 11) is 2.00. The zero-order valence-corrected chi connectivity index (χ0v) is 13.9. The smallest absolute Gasteiger partial charge is 0.0662 e. The summed E-state index contributed by atoms with van der Waals surface area (Å²) < 4.78 is 2.13. The molecule has 1 atom stereocenters. The van der Waals surface area contributed by atoms with Crippen LogP contribution in [0, 0.1) is 13.8 Å². The van der Waals surface area contributed by atoms with Crippen LogP contribution in [-0.2, 0) is 13.0 Å². The molecule has 1 unspecified atom stereocenters. The zero-order chi connectivity index (χ0) is 15.4. The first-order chi connectivity index (χ1) is 10.1. The molecule has 0 amide bonds. The molecule has 0 spiro atoms. The number of hydrogen-bond donors (Lipinski definition) is 1. The van der Waals surface area contributed by atoms with Gasteiger partial charge in [0.05, 0.1) is 12.2 Å². The molecule has 0 aliphatic rings. The number of nitrogens with one attached hydrogen (secondary N) is 1. The summed E-state index contributed by atoms with van der Waals surface area (Å²) >= 11 is 0. The molecule has 0 saturated heterocycles. The van der Waals surface area contributed by atoms with Crippen LogP contribution in [-0.4, -0.2) is 23.4 Å². The van der Waals surface area contributed by atoms with Crippen molar-refractivity contribution in [2.24, 2.45) is 0 Å². The van der Waals surface area contributed by atoms with Crippen molar-refractivity contribution in [2.45, 2.75) is 46.6 Å². The number of nitrogens with zero attached hydrogens (tertiary/aromatic N) is 2. The lowest BCUT2D eigenvalue weighted by atomic mass is 10.00. The van der Waals surface area contributed by atoms with Crippen molar-refractivity contribution in [1.29, 1.82) is 0 Å². The first-order valence-corrected chi connectivity index (χ1v) is 7.83. The maximum Gasteiger partial charge on any atom is 0.0662 e. The topological polar surface area (TPSA) is 29.9 Å².